The number of esters is 1. The average molecular weight is 922 g/mol. The van der Waals surface area contributed by atoms with Gasteiger partial charge in [0.1, 0.15) is 11.3 Å². The van der Waals surface area contributed by atoms with Crippen molar-refractivity contribution in [3.8, 4) is 0 Å². The van der Waals surface area contributed by atoms with Gasteiger partial charge in [0.05, 0.1) is 78.3 Å². The molecule has 14 nitrogen and oxygen atoms in total. The van der Waals surface area contributed by atoms with Crippen molar-refractivity contribution in [1.82, 2.24) is 20.3 Å². The highest BCUT2D eigenvalue weighted by molar-refractivity contribution is 5.90. The Hall–Kier alpha value is -2.49. The van der Waals surface area contributed by atoms with E-state index in [0.29, 0.717) is 98.4 Å². The molecule has 65 heavy (non-hydrogen) atoms. The molecule has 1 aliphatic rings. The lowest BCUT2D eigenvalue weighted by atomic mass is 9.85. The van der Waals surface area contributed by atoms with Crippen molar-refractivity contribution in [1.29, 1.82) is 0 Å². The number of nitrogens with zero attached hydrogens (tertiary/aromatic N) is 3. The van der Waals surface area contributed by atoms with Crippen LogP contribution in [0.4, 0.5) is 0 Å². The zero-order valence-electron chi connectivity index (χ0n) is 41.6. The number of unbranched alkanes of at least 4 members (excludes halogenated alkanes) is 14. The summed E-state index contributed by atoms with van der Waals surface area (Å²) in [6.45, 7) is 11.9. The second-order valence-corrected chi connectivity index (χ2v) is 19.1. The summed E-state index contributed by atoms with van der Waals surface area (Å²) in [7, 11) is 0. The molecule has 1 aliphatic carbocycles. The Labute approximate surface area is 394 Å². The maximum absolute atomic E-state index is 14.0. The number of carbonyl (C=O) groups is 3. The number of rotatable bonds is 41. The molecule has 1 atom stereocenters. The van der Waals surface area contributed by atoms with Crippen LogP contribution in [0.15, 0.2) is 6.20 Å². The molecule has 1 unspecified atom stereocenters. The Bertz CT molecular complexity index is 1280. The lowest BCUT2D eigenvalue weighted by Gasteiger charge is -2.24. The van der Waals surface area contributed by atoms with Gasteiger partial charge in [-0.3, -0.25) is 19.1 Å². The van der Waals surface area contributed by atoms with Gasteiger partial charge in [-0.25, -0.2) is 0 Å². The molecule has 14 heteroatoms. The number of aromatic nitrogens is 3. The molecule has 0 spiro atoms. The fourth-order valence-electron chi connectivity index (χ4n) is 8.28. The largest absolute Gasteiger partial charge is 0.460 e. The number of amides is 1. The van der Waals surface area contributed by atoms with Gasteiger partial charge in [-0.2, -0.15) is 0 Å². The van der Waals surface area contributed by atoms with E-state index < -0.39 is 11.6 Å². The van der Waals surface area contributed by atoms with Gasteiger partial charge in [0, 0.05) is 31.8 Å². The van der Waals surface area contributed by atoms with Crippen LogP contribution in [0.1, 0.15) is 206 Å². The maximum atomic E-state index is 14.0. The minimum absolute atomic E-state index is 0.0214. The molecule has 0 aromatic carbocycles. The van der Waals surface area contributed by atoms with E-state index in [-0.39, 0.29) is 23.6 Å². The molecule has 0 aliphatic heterocycles. The van der Waals surface area contributed by atoms with Gasteiger partial charge in [0.25, 0.3) is 0 Å². The van der Waals surface area contributed by atoms with Crippen LogP contribution in [0, 0.1) is 5.92 Å². The molecule has 1 fully saturated rings. The van der Waals surface area contributed by atoms with Crippen molar-refractivity contribution < 1.29 is 42.8 Å². The van der Waals surface area contributed by atoms with Crippen molar-refractivity contribution in [3.05, 3.63) is 11.9 Å². The summed E-state index contributed by atoms with van der Waals surface area (Å²) in [5.74, 6) is 0.232. The van der Waals surface area contributed by atoms with Crippen LogP contribution >= 0.6 is 0 Å². The predicted molar refractivity (Wildman–Crippen MR) is 258 cm³/mol. The summed E-state index contributed by atoms with van der Waals surface area (Å²) < 4.78 is 34.7. The number of ketones is 1. The number of nitrogens with one attached hydrogen (secondary N) is 1. The topological polar surface area (TPSA) is 175 Å². The SMILES string of the molecule is CC(C)(C)OC(=O)CCCCCCCCCCCCCCCCC(=O)NC(CCCCn1cc(COCCOCCOCCOCCOCCN)nn1)C(=O)C1CCCCCCCCC1. The van der Waals surface area contributed by atoms with Gasteiger partial charge in [-0.1, -0.05) is 127 Å². The first-order valence-corrected chi connectivity index (χ1v) is 26.2. The minimum atomic E-state index is -0.417. The highest BCUT2D eigenvalue weighted by Gasteiger charge is 2.28. The molecule has 2 rings (SSSR count). The molecular formula is C51H95N5O9. The summed E-state index contributed by atoms with van der Waals surface area (Å²) in [5.41, 5.74) is 5.75. The minimum Gasteiger partial charge on any atom is -0.460 e. The molecule has 1 heterocycles. The predicted octanol–water partition coefficient (Wildman–Crippen LogP) is 9.77. The quantitative estimate of drug-likeness (QED) is 0.0471. The van der Waals surface area contributed by atoms with Gasteiger partial charge >= 0.3 is 5.97 Å². The monoisotopic (exact) mass is 922 g/mol. The highest BCUT2D eigenvalue weighted by Crippen LogP contribution is 2.25. The average Bonchev–Trinajstić information content (AvgIpc) is 3.74. The number of ether oxygens (including phenoxy) is 6. The smallest absolute Gasteiger partial charge is 0.306 e. The van der Waals surface area contributed by atoms with E-state index in [0.717, 1.165) is 76.3 Å². The van der Waals surface area contributed by atoms with Crippen molar-refractivity contribution in [2.75, 3.05) is 66.0 Å². The molecule has 0 bridgehead atoms. The first kappa shape index (κ1) is 58.6. The second kappa shape index (κ2) is 40.6. The number of Topliss-reactive ketones (excluding diaryl/α,β-unsaturated/α-hetero) is 1. The fraction of sp³-hybridized carbons (Fsp3) is 0.902. The van der Waals surface area contributed by atoms with E-state index in [1.807, 2.05) is 31.6 Å². The van der Waals surface area contributed by atoms with Crippen LogP contribution in [0.5, 0.6) is 0 Å². The van der Waals surface area contributed by atoms with E-state index >= 15 is 0 Å². The first-order valence-electron chi connectivity index (χ1n) is 26.2. The van der Waals surface area contributed by atoms with Crippen molar-refractivity contribution in [2.24, 2.45) is 11.7 Å². The van der Waals surface area contributed by atoms with Crippen LogP contribution in [-0.4, -0.2) is 110 Å². The van der Waals surface area contributed by atoms with Crippen LogP contribution < -0.4 is 11.1 Å². The Kier molecular flexibility index (Phi) is 36.6. The summed E-state index contributed by atoms with van der Waals surface area (Å²) in [6.07, 6.45) is 32.1. The summed E-state index contributed by atoms with van der Waals surface area (Å²) in [5, 5.41) is 11.8. The van der Waals surface area contributed by atoms with Crippen molar-refractivity contribution in [3.63, 3.8) is 0 Å². The van der Waals surface area contributed by atoms with Crippen LogP contribution in [0.2, 0.25) is 0 Å². The Balaban J connectivity index is 1.58. The summed E-state index contributed by atoms with van der Waals surface area (Å²) in [6, 6.07) is -0.417. The summed E-state index contributed by atoms with van der Waals surface area (Å²) in [4.78, 5) is 39.1. The van der Waals surface area contributed by atoms with Gasteiger partial charge in [-0.15, -0.1) is 5.10 Å². The van der Waals surface area contributed by atoms with E-state index in [4.69, 9.17) is 34.2 Å². The molecule has 378 valence electrons. The summed E-state index contributed by atoms with van der Waals surface area (Å²) >= 11 is 0. The van der Waals surface area contributed by atoms with Crippen LogP contribution in [-0.2, 0) is 56.0 Å². The Morgan fingerprint density at radius 3 is 1.60 bits per heavy atom. The second-order valence-electron chi connectivity index (χ2n) is 19.1. The number of carbonyl (C=O) groups excluding carboxylic acids is 3. The molecule has 0 radical (unpaired) electrons. The van der Waals surface area contributed by atoms with E-state index in [1.54, 1.807) is 0 Å². The molecule has 1 aromatic rings. The number of nitrogens with two attached hydrogens (primary N) is 1. The number of hydrogen-bond donors (Lipinski definition) is 2. The number of aryl methyl sites for hydroxylation is 1. The van der Waals surface area contributed by atoms with Crippen molar-refractivity contribution >= 4 is 17.7 Å². The van der Waals surface area contributed by atoms with Crippen LogP contribution in [0.25, 0.3) is 0 Å². The third kappa shape index (κ3) is 35.3. The van der Waals surface area contributed by atoms with Gasteiger partial charge in [-0.05, 0) is 65.7 Å². The standard InChI is InChI=1S/C51H95N5O9/c1-51(2,3)65-49(58)31-24-20-16-11-9-7-5-4-6-8-10-15-19-23-30-48(57)53-47(50(59)45-27-21-17-13-12-14-18-22-28-45)29-25-26-33-56-43-46(54-55-56)44-64-42-41-63-40-39-62-38-37-61-36-35-60-34-32-52/h43,45,47H,4-42,44,52H2,1-3H3,(H,53,57). The maximum Gasteiger partial charge on any atom is 0.306 e. The van der Waals surface area contributed by atoms with Crippen molar-refractivity contribution in [2.45, 2.75) is 225 Å². The Morgan fingerprint density at radius 1 is 0.631 bits per heavy atom. The molecular weight excluding hydrogens is 827 g/mol. The molecule has 0 saturated heterocycles. The molecule has 1 aromatic heterocycles. The first-order chi connectivity index (χ1) is 31.7. The van der Waals surface area contributed by atoms with Gasteiger partial charge < -0.3 is 39.5 Å². The van der Waals surface area contributed by atoms with Crippen LogP contribution in [0.3, 0.4) is 0 Å². The lowest BCUT2D eigenvalue weighted by molar-refractivity contribution is -0.155. The number of hydrogen-bond acceptors (Lipinski definition) is 12. The third-order valence-corrected chi connectivity index (χ3v) is 11.9. The highest BCUT2D eigenvalue weighted by atomic mass is 16.6. The molecule has 1 saturated carbocycles. The van der Waals surface area contributed by atoms with E-state index in [2.05, 4.69) is 15.6 Å². The van der Waals surface area contributed by atoms with E-state index in [9.17, 15) is 14.4 Å². The Morgan fingerprint density at radius 2 is 1.09 bits per heavy atom. The zero-order chi connectivity index (χ0) is 46.9. The third-order valence-electron chi connectivity index (χ3n) is 11.9. The van der Waals surface area contributed by atoms with E-state index in [1.165, 1.54) is 89.9 Å². The molecule has 3 N–H and O–H groups in total. The van der Waals surface area contributed by atoms with Gasteiger partial charge in [0.15, 0.2) is 5.78 Å². The fourth-order valence-corrected chi connectivity index (χ4v) is 8.28. The van der Waals surface area contributed by atoms with Gasteiger partial charge in [0.2, 0.25) is 5.91 Å². The lowest BCUT2D eigenvalue weighted by Crippen LogP contribution is -2.43. The molecule has 1 amide bonds. The zero-order valence-corrected chi connectivity index (χ0v) is 41.6. The normalized spacial score (nSPS) is 14.6.